The Morgan fingerprint density at radius 3 is 2.80 bits per heavy atom. The molecule has 0 bridgehead atoms. The number of imidazole rings is 1. The van der Waals surface area contributed by atoms with Gasteiger partial charge in [0.05, 0.1) is 29.9 Å². The van der Waals surface area contributed by atoms with E-state index < -0.39 is 5.82 Å². The number of nitrogens with one attached hydrogen (secondary N) is 1. The molecule has 0 aliphatic rings. The van der Waals surface area contributed by atoms with Crippen LogP contribution in [0.4, 0.5) is 4.39 Å². The van der Waals surface area contributed by atoms with Crippen LogP contribution in [0, 0.1) is 17.1 Å². The van der Waals surface area contributed by atoms with E-state index in [-0.39, 0.29) is 16.9 Å². The number of nitriles is 1. The minimum absolute atomic E-state index is 0.144. The molecular formula is C21H13ClFN5O2. The number of aromatic amines is 1. The monoisotopic (exact) mass is 421 g/mol. The molecule has 0 aliphatic carbocycles. The van der Waals surface area contributed by atoms with E-state index in [1.807, 2.05) is 24.3 Å². The van der Waals surface area contributed by atoms with Gasteiger partial charge in [0.1, 0.15) is 11.9 Å². The third-order valence-electron chi connectivity index (χ3n) is 4.15. The number of ether oxygens (including phenoxy) is 2. The first-order valence-corrected chi connectivity index (χ1v) is 9.06. The molecule has 0 amide bonds. The van der Waals surface area contributed by atoms with Crippen molar-refractivity contribution < 1.29 is 13.9 Å². The van der Waals surface area contributed by atoms with Gasteiger partial charge in [0.15, 0.2) is 11.5 Å². The number of rotatable bonds is 5. The molecule has 1 N–H and O–H groups in total. The average Bonchev–Trinajstić information content (AvgIpc) is 3.19. The van der Waals surface area contributed by atoms with Crippen LogP contribution in [0.5, 0.6) is 17.4 Å². The third kappa shape index (κ3) is 3.92. The maximum Gasteiger partial charge on any atom is 0.260 e. The molecule has 0 fully saturated rings. The van der Waals surface area contributed by atoms with Gasteiger partial charge in [-0.05, 0) is 47.5 Å². The molecule has 9 heteroatoms. The van der Waals surface area contributed by atoms with Gasteiger partial charge in [-0.25, -0.2) is 9.97 Å². The second-order valence-corrected chi connectivity index (χ2v) is 6.41. The number of allylic oxidation sites excluding steroid dienone is 1. The first kappa shape index (κ1) is 19.4. The highest BCUT2D eigenvalue weighted by Gasteiger charge is 2.13. The Hall–Kier alpha value is -3.96. The van der Waals surface area contributed by atoms with Crippen molar-refractivity contribution in [1.29, 1.82) is 5.26 Å². The molecule has 0 saturated carbocycles. The van der Waals surface area contributed by atoms with Gasteiger partial charge in [0, 0.05) is 0 Å². The van der Waals surface area contributed by atoms with Crippen molar-refractivity contribution in [2.75, 3.05) is 7.11 Å². The largest absolute Gasteiger partial charge is 0.493 e. The Morgan fingerprint density at radius 2 is 2.03 bits per heavy atom. The topological polar surface area (TPSA) is 96.7 Å². The van der Waals surface area contributed by atoms with Crippen LogP contribution < -0.4 is 9.47 Å². The quantitative estimate of drug-likeness (QED) is 0.359. The second-order valence-electron chi connectivity index (χ2n) is 6.08. The van der Waals surface area contributed by atoms with Crippen molar-refractivity contribution in [3.05, 3.63) is 71.2 Å². The van der Waals surface area contributed by atoms with Gasteiger partial charge in [-0.15, -0.1) is 0 Å². The van der Waals surface area contributed by atoms with E-state index in [0.717, 1.165) is 17.2 Å². The van der Waals surface area contributed by atoms with Crippen molar-refractivity contribution in [2.24, 2.45) is 0 Å². The van der Waals surface area contributed by atoms with Crippen LogP contribution in [0.15, 0.2) is 48.7 Å². The van der Waals surface area contributed by atoms with Crippen LogP contribution in [0.25, 0.3) is 22.7 Å². The molecule has 0 spiro atoms. The fourth-order valence-corrected chi connectivity index (χ4v) is 2.89. The highest BCUT2D eigenvalue weighted by molar-refractivity contribution is 6.28. The first-order chi connectivity index (χ1) is 14.6. The van der Waals surface area contributed by atoms with Gasteiger partial charge >= 0.3 is 0 Å². The second kappa shape index (κ2) is 8.19. The fourth-order valence-electron chi connectivity index (χ4n) is 2.77. The minimum atomic E-state index is -0.762. The molecule has 0 saturated heterocycles. The number of methoxy groups -OCH3 is 1. The van der Waals surface area contributed by atoms with Gasteiger partial charge in [-0.2, -0.15) is 14.6 Å². The molecule has 2 heterocycles. The first-order valence-electron chi connectivity index (χ1n) is 8.68. The van der Waals surface area contributed by atoms with Gasteiger partial charge in [-0.3, -0.25) is 0 Å². The summed E-state index contributed by atoms with van der Waals surface area (Å²) in [5.74, 6) is -0.0836. The lowest BCUT2D eigenvalue weighted by molar-refractivity contribution is 0.363. The average molecular weight is 422 g/mol. The van der Waals surface area contributed by atoms with Crippen LogP contribution >= 0.6 is 11.6 Å². The van der Waals surface area contributed by atoms with Crippen LogP contribution in [-0.4, -0.2) is 27.0 Å². The van der Waals surface area contributed by atoms with Gasteiger partial charge in [0.2, 0.25) is 11.1 Å². The minimum Gasteiger partial charge on any atom is -0.493 e. The Bertz CT molecular complexity index is 1280. The third-order valence-corrected chi connectivity index (χ3v) is 4.33. The summed E-state index contributed by atoms with van der Waals surface area (Å²) >= 11 is 5.70. The molecule has 0 aliphatic heterocycles. The van der Waals surface area contributed by atoms with Crippen molar-refractivity contribution >= 4 is 34.3 Å². The van der Waals surface area contributed by atoms with Crippen molar-refractivity contribution in [3.63, 3.8) is 0 Å². The van der Waals surface area contributed by atoms with E-state index in [1.165, 1.54) is 7.11 Å². The van der Waals surface area contributed by atoms with Crippen LogP contribution in [-0.2, 0) is 0 Å². The summed E-state index contributed by atoms with van der Waals surface area (Å²) in [6, 6.07) is 14.6. The standard InChI is InChI=1S/C21H13ClFN5O2/c1-29-18-9-12(6-7-17(18)30-20-14(23)11-25-21(22)28-20)8-13(10-24)19-26-15-4-2-3-5-16(15)27-19/h2-9,11H,1H3,(H,26,27)/b13-8+. The normalized spacial score (nSPS) is 11.3. The van der Waals surface area contributed by atoms with E-state index in [0.29, 0.717) is 22.7 Å². The van der Waals surface area contributed by atoms with Crippen LogP contribution in [0.2, 0.25) is 5.28 Å². The lowest BCUT2D eigenvalue weighted by Gasteiger charge is -2.11. The smallest absolute Gasteiger partial charge is 0.260 e. The summed E-state index contributed by atoms with van der Waals surface area (Å²) in [5.41, 5.74) is 2.61. The summed E-state index contributed by atoms with van der Waals surface area (Å²) in [5, 5.41) is 9.45. The molecule has 4 rings (SSSR count). The molecule has 4 aromatic rings. The van der Waals surface area contributed by atoms with Crippen molar-refractivity contribution in [2.45, 2.75) is 0 Å². The van der Waals surface area contributed by atoms with Gasteiger partial charge in [0.25, 0.3) is 5.88 Å². The molecule has 0 unspecified atom stereocenters. The fraction of sp³-hybridized carbons (Fsp3) is 0.0476. The molecular weight excluding hydrogens is 409 g/mol. The number of para-hydroxylation sites is 2. The van der Waals surface area contributed by atoms with Gasteiger partial charge in [-0.1, -0.05) is 18.2 Å². The Labute approximate surface area is 175 Å². The summed E-state index contributed by atoms with van der Waals surface area (Å²) < 4.78 is 24.7. The highest BCUT2D eigenvalue weighted by atomic mass is 35.5. The number of benzene rings is 2. The zero-order valence-electron chi connectivity index (χ0n) is 15.6. The molecule has 2 aromatic heterocycles. The van der Waals surface area contributed by atoms with Crippen LogP contribution in [0.3, 0.4) is 0 Å². The predicted molar refractivity (Wildman–Crippen MR) is 110 cm³/mol. The maximum atomic E-state index is 13.9. The molecule has 0 atom stereocenters. The zero-order valence-corrected chi connectivity index (χ0v) is 16.3. The summed E-state index contributed by atoms with van der Waals surface area (Å²) in [6.07, 6.45) is 2.58. The number of H-pyrrole nitrogens is 1. The lowest BCUT2D eigenvalue weighted by Crippen LogP contribution is -1.97. The summed E-state index contributed by atoms with van der Waals surface area (Å²) in [7, 11) is 1.45. The van der Waals surface area contributed by atoms with E-state index in [1.54, 1.807) is 24.3 Å². The Kier molecular flexibility index (Phi) is 5.28. The number of fused-ring (bicyclic) bond motifs is 1. The molecule has 30 heavy (non-hydrogen) atoms. The maximum absolute atomic E-state index is 13.9. The molecule has 7 nitrogen and oxygen atoms in total. The number of nitrogens with zero attached hydrogens (tertiary/aromatic N) is 4. The predicted octanol–water partition coefficient (Wildman–Crippen LogP) is 5.01. The molecule has 2 aromatic carbocycles. The van der Waals surface area contributed by atoms with Crippen LogP contribution in [0.1, 0.15) is 11.4 Å². The number of aromatic nitrogens is 4. The lowest BCUT2D eigenvalue weighted by atomic mass is 10.1. The number of hydrogen-bond acceptors (Lipinski definition) is 6. The number of hydrogen-bond donors (Lipinski definition) is 1. The number of halogens is 2. The zero-order chi connectivity index (χ0) is 21.1. The van der Waals surface area contributed by atoms with E-state index in [4.69, 9.17) is 21.1 Å². The Balaban J connectivity index is 1.67. The van der Waals surface area contributed by atoms with E-state index in [2.05, 4.69) is 26.0 Å². The highest BCUT2D eigenvalue weighted by Crippen LogP contribution is 2.33. The van der Waals surface area contributed by atoms with Crippen molar-refractivity contribution in [1.82, 2.24) is 19.9 Å². The molecule has 148 valence electrons. The molecule has 0 radical (unpaired) electrons. The van der Waals surface area contributed by atoms with E-state index >= 15 is 0 Å². The SMILES string of the molecule is COc1cc(/C=C(\C#N)c2nc3ccccc3[nH]2)ccc1Oc1nc(Cl)ncc1F. The Morgan fingerprint density at radius 1 is 1.20 bits per heavy atom. The van der Waals surface area contributed by atoms with E-state index in [9.17, 15) is 9.65 Å². The summed E-state index contributed by atoms with van der Waals surface area (Å²) in [4.78, 5) is 14.8. The van der Waals surface area contributed by atoms with Gasteiger partial charge < -0.3 is 14.5 Å². The van der Waals surface area contributed by atoms with Crippen molar-refractivity contribution in [3.8, 4) is 23.4 Å². The summed E-state index contributed by atoms with van der Waals surface area (Å²) in [6.45, 7) is 0.